The van der Waals surface area contributed by atoms with E-state index in [1.807, 2.05) is 37.3 Å². The van der Waals surface area contributed by atoms with Crippen molar-refractivity contribution >= 4 is 22.0 Å². The molecule has 1 aliphatic rings. The normalized spacial score (nSPS) is 15.9. The molecule has 1 N–H and O–H groups in total. The average molecular weight is 454 g/mol. The third-order valence-corrected chi connectivity index (χ3v) is 6.91. The molecule has 1 fully saturated rings. The molecule has 1 atom stereocenters. The van der Waals surface area contributed by atoms with Crippen LogP contribution in [0.1, 0.15) is 22.3 Å². The number of aromatic hydroxyl groups is 1. The van der Waals surface area contributed by atoms with Gasteiger partial charge in [0.25, 0.3) is 0 Å². The van der Waals surface area contributed by atoms with Gasteiger partial charge in [0.2, 0.25) is 10.8 Å². The zero-order valence-electron chi connectivity index (χ0n) is 17.9. The predicted molar refractivity (Wildman–Crippen MR) is 122 cm³/mol. The Morgan fingerprint density at radius 3 is 2.53 bits per heavy atom. The van der Waals surface area contributed by atoms with Crippen molar-refractivity contribution in [3.05, 3.63) is 70.6 Å². The lowest BCUT2D eigenvalue weighted by Crippen LogP contribution is -2.47. The van der Waals surface area contributed by atoms with Gasteiger partial charge in [-0.1, -0.05) is 23.5 Å². The Morgan fingerprint density at radius 2 is 1.84 bits per heavy atom. The zero-order valence-corrected chi connectivity index (χ0v) is 18.7. The molecule has 0 saturated carbocycles. The second kappa shape index (κ2) is 8.40. The summed E-state index contributed by atoms with van der Waals surface area (Å²) in [5.74, 6) is 1.29. The van der Waals surface area contributed by atoms with Crippen molar-refractivity contribution in [2.75, 3.05) is 38.2 Å². The van der Waals surface area contributed by atoms with Crippen LogP contribution in [0.5, 0.6) is 11.6 Å². The molecular weight excluding hydrogens is 429 g/mol. The minimum Gasteiger partial charge on any atom is -0.497 e. The summed E-state index contributed by atoms with van der Waals surface area (Å²) in [6, 6.07) is 14.4. The van der Waals surface area contributed by atoms with Crippen molar-refractivity contribution < 1.29 is 14.2 Å². The van der Waals surface area contributed by atoms with Crippen molar-refractivity contribution in [3.8, 4) is 11.6 Å². The number of anilines is 1. The van der Waals surface area contributed by atoms with Gasteiger partial charge >= 0.3 is 0 Å². The minimum atomic E-state index is -0.229. The number of fused-ring (bicyclic) bond motifs is 1. The number of ether oxygens (including phenoxy) is 1. The number of nitrogens with zero attached hydrogens (tertiary/aromatic N) is 5. The first-order chi connectivity index (χ1) is 15.5. The lowest BCUT2D eigenvalue weighted by Gasteiger charge is -2.40. The Balaban J connectivity index is 1.48. The van der Waals surface area contributed by atoms with Crippen LogP contribution in [0.4, 0.5) is 10.1 Å². The highest BCUT2D eigenvalue weighted by Crippen LogP contribution is 2.41. The van der Waals surface area contributed by atoms with Crippen molar-refractivity contribution in [1.29, 1.82) is 0 Å². The summed E-state index contributed by atoms with van der Waals surface area (Å²) in [6.45, 7) is 4.98. The van der Waals surface area contributed by atoms with Crippen molar-refractivity contribution in [3.63, 3.8) is 0 Å². The quantitative estimate of drug-likeness (QED) is 0.495. The number of hydrogen-bond donors (Lipinski definition) is 1. The molecule has 1 unspecified atom stereocenters. The zero-order chi connectivity index (χ0) is 22.2. The van der Waals surface area contributed by atoms with E-state index in [9.17, 15) is 9.50 Å². The fourth-order valence-corrected chi connectivity index (χ4v) is 5.42. The topological polar surface area (TPSA) is 66.1 Å². The first-order valence-corrected chi connectivity index (χ1v) is 11.3. The van der Waals surface area contributed by atoms with Gasteiger partial charge in [-0.2, -0.15) is 4.52 Å². The minimum absolute atomic E-state index is 0.124. The Morgan fingerprint density at radius 1 is 1.09 bits per heavy atom. The van der Waals surface area contributed by atoms with Gasteiger partial charge in [0.15, 0.2) is 0 Å². The Bertz CT molecular complexity index is 1230. The van der Waals surface area contributed by atoms with Gasteiger partial charge in [0, 0.05) is 31.9 Å². The number of halogens is 1. The van der Waals surface area contributed by atoms with E-state index in [0.717, 1.165) is 48.1 Å². The Labute approximate surface area is 189 Å². The lowest BCUT2D eigenvalue weighted by atomic mass is 10.0. The molecule has 4 aromatic rings. The molecule has 9 heteroatoms. The van der Waals surface area contributed by atoms with Crippen LogP contribution in [0.3, 0.4) is 0 Å². The molecule has 0 aliphatic carbocycles. The number of piperazine rings is 1. The number of aromatic nitrogens is 3. The molecule has 1 saturated heterocycles. The molecular formula is C23H24FN5O2S. The smallest absolute Gasteiger partial charge is 0.230 e. The number of aryl methyl sites for hydroxylation is 1. The third-order valence-electron chi connectivity index (χ3n) is 5.83. The first-order valence-electron chi connectivity index (χ1n) is 10.5. The van der Waals surface area contributed by atoms with Crippen LogP contribution in [-0.4, -0.2) is 57.9 Å². The van der Waals surface area contributed by atoms with E-state index in [-0.39, 0.29) is 17.7 Å². The molecule has 5 rings (SSSR count). The maximum Gasteiger partial charge on any atom is 0.230 e. The maximum atomic E-state index is 13.3. The van der Waals surface area contributed by atoms with Crippen LogP contribution in [0.25, 0.3) is 4.96 Å². The number of rotatable bonds is 5. The summed E-state index contributed by atoms with van der Waals surface area (Å²) >= 11 is 1.46. The maximum absolute atomic E-state index is 13.3. The van der Waals surface area contributed by atoms with Crippen LogP contribution in [0, 0.1) is 12.7 Å². The van der Waals surface area contributed by atoms with Crippen LogP contribution >= 0.6 is 11.3 Å². The fraction of sp³-hybridized carbons (Fsp3) is 0.304. The first kappa shape index (κ1) is 20.7. The van der Waals surface area contributed by atoms with Gasteiger partial charge in [-0.3, -0.25) is 4.90 Å². The van der Waals surface area contributed by atoms with Crippen LogP contribution in [-0.2, 0) is 0 Å². The highest BCUT2D eigenvalue weighted by atomic mass is 32.1. The van der Waals surface area contributed by atoms with Gasteiger partial charge in [-0.15, -0.1) is 5.10 Å². The molecule has 0 bridgehead atoms. The van der Waals surface area contributed by atoms with Crippen molar-refractivity contribution in [2.24, 2.45) is 0 Å². The second-order valence-electron chi connectivity index (χ2n) is 7.82. The molecule has 2 aromatic carbocycles. The molecule has 32 heavy (non-hydrogen) atoms. The van der Waals surface area contributed by atoms with Crippen LogP contribution in [0.2, 0.25) is 0 Å². The second-order valence-corrected chi connectivity index (χ2v) is 8.83. The molecule has 3 heterocycles. The summed E-state index contributed by atoms with van der Waals surface area (Å²) < 4.78 is 20.3. The van der Waals surface area contributed by atoms with E-state index in [1.165, 1.54) is 28.0 Å². The largest absolute Gasteiger partial charge is 0.497 e. The summed E-state index contributed by atoms with van der Waals surface area (Å²) in [5, 5.41) is 15.3. The van der Waals surface area contributed by atoms with E-state index in [1.54, 1.807) is 7.11 Å². The molecule has 7 nitrogen and oxygen atoms in total. The van der Waals surface area contributed by atoms with Crippen molar-refractivity contribution in [1.82, 2.24) is 19.5 Å². The Hall–Kier alpha value is -3.17. The standard InChI is InChI=1S/C23H24FN5O2S/c1-15-25-23-29(26-15)22(30)21(32-23)20(16-4-3-5-19(14-16)31-2)28-12-10-27(11-13-28)18-8-6-17(24)7-9-18/h3-9,14,20,30H,10-13H2,1-2H3. The van der Waals surface area contributed by atoms with E-state index < -0.39 is 0 Å². The van der Waals surface area contributed by atoms with Gasteiger partial charge in [-0.25, -0.2) is 9.37 Å². The third kappa shape index (κ3) is 3.78. The number of thiazole rings is 1. The molecule has 0 radical (unpaired) electrons. The monoisotopic (exact) mass is 453 g/mol. The summed E-state index contributed by atoms with van der Waals surface area (Å²) in [5.41, 5.74) is 2.05. The molecule has 166 valence electrons. The predicted octanol–water partition coefficient (Wildman–Crippen LogP) is 3.86. The van der Waals surface area contributed by atoms with Crippen molar-refractivity contribution in [2.45, 2.75) is 13.0 Å². The fourth-order valence-electron chi connectivity index (χ4n) is 4.26. The highest BCUT2D eigenvalue weighted by molar-refractivity contribution is 7.17. The van der Waals surface area contributed by atoms with Gasteiger partial charge < -0.3 is 14.7 Å². The van der Waals surface area contributed by atoms with E-state index >= 15 is 0 Å². The highest BCUT2D eigenvalue weighted by Gasteiger charge is 2.32. The Kier molecular flexibility index (Phi) is 5.44. The SMILES string of the molecule is COc1cccc(C(c2sc3nc(C)nn3c2O)N2CCN(c3ccc(F)cc3)CC2)c1. The van der Waals surface area contributed by atoms with E-state index in [2.05, 4.69) is 25.9 Å². The van der Waals surface area contributed by atoms with E-state index in [4.69, 9.17) is 4.74 Å². The molecule has 0 spiro atoms. The van der Waals surface area contributed by atoms with Gasteiger partial charge in [0.1, 0.15) is 17.4 Å². The van der Waals surface area contributed by atoms with E-state index in [0.29, 0.717) is 10.8 Å². The molecule has 1 aliphatic heterocycles. The van der Waals surface area contributed by atoms with Crippen LogP contribution < -0.4 is 9.64 Å². The summed E-state index contributed by atoms with van der Waals surface area (Å²) in [4.78, 5) is 10.5. The summed E-state index contributed by atoms with van der Waals surface area (Å²) in [7, 11) is 1.65. The van der Waals surface area contributed by atoms with Gasteiger partial charge in [-0.05, 0) is 48.9 Å². The number of hydrogen-bond acceptors (Lipinski definition) is 7. The molecule has 2 aromatic heterocycles. The molecule has 0 amide bonds. The van der Waals surface area contributed by atoms with Crippen LogP contribution in [0.15, 0.2) is 48.5 Å². The number of methoxy groups -OCH3 is 1. The summed E-state index contributed by atoms with van der Waals surface area (Å²) in [6.07, 6.45) is 0. The average Bonchev–Trinajstić information content (AvgIpc) is 3.32. The lowest BCUT2D eigenvalue weighted by molar-refractivity contribution is 0.211. The number of benzene rings is 2. The van der Waals surface area contributed by atoms with Gasteiger partial charge in [0.05, 0.1) is 18.0 Å².